The highest BCUT2D eigenvalue weighted by Gasteiger charge is 2.32. The Balaban J connectivity index is 1.30. The van der Waals surface area contributed by atoms with E-state index in [2.05, 4.69) is 4.90 Å². The molecule has 8 heteroatoms. The number of urea groups is 1. The molecule has 0 unspecified atom stereocenters. The minimum absolute atomic E-state index is 0.00399. The topological polar surface area (TPSA) is 56.3 Å². The van der Waals surface area contributed by atoms with Crippen molar-refractivity contribution in [2.45, 2.75) is 0 Å². The molecule has 2 fully saturated rings. The van der Waals surface area contributed by atoms with Crippen molar-refractivity contribution >= 4 is 34.9 Å². The van der Waals surface area contributed by atoms with Gasteiger partial charge in [-0.25, -0.2) is 4.79 Å². The summed E-state index contributed by atoms with van der Waals surface area (Å²) in [5, 5.41) is 0.714. The van der Waals surface area contributed by atoms with Gasteiger partial charge in [-0.2, -0.15) is 0 Å². The number of amides is 3. The number of nitrogens with zero attached hydrogens (tertiary/aromatic N) is 4. The molecule has 0 spiro atoms. The van der Waals surface area contributed by atoms with Crippen LogP contribution in [-0.2, 0) is 4.79 Å². The van der Waals surface area contributed by atoms with E-state index in [1.165, 1.54) is 0 Å². The third kappa shape index (κ3) is 4.31. The largest absolute Gasteiger partial charge is 0.497 e. The van der Waals surface area contributed by atoms with Crippen molar-refractivity contribution in [3.8, 4) is 5.75 Å². The molecular formula is C22H25ClN4O3. The molecule has 2 aliphatic heterocycles. The van der Waals surface area contributed by atoms with Crippen molar-refractivity contribution < 1.29 is 14.3 Å². The number of anilines is 2. The van der Waals surface area contributed by atoms with Gasteiger partial charge in [-0.15, -0.1) is 0 Å². The number of hydrogen-bond acceptors (Lipinski definition) is 4. The minimum atomic E-state index is -0.131. The van der Waals surface area contributed by atoms with Crippen molar-refractivity contribution in [2.75, 3.05) is 62.7 Å². The first-order chi connectivity index (χ1) is 14.5. The number of piperazine rings is 1. The van der Waals surface area contributed by atoms with Crippen LogP contribution >= 0.6 is 11.6 Å². The molecule has 2 saturated heterocycles. The predicted octanol–water partition coefficient (Wildman–Crippen LogP) is 2.94. The second-order valence-electron chi connectivity index (χ2n) is 7.40. The quantitative estimate of drug-likeness (QED) is 0.734. The van der Waals surface area contributed by atoms with Gasteiger partial charge in [0.25, 0.3) is 0 Å². The normalized spacial score (nSPS) is 16.9. The highest BCUT2D eigenvalue weighted by atomic mass is 35.5. The van der Waals surface area contributed by atoms with Gasteiger partial charge < -0.3 is 19.4 Å². The van der Waals surface area contributed by atoms with Crippen molar-refractivity contribution in [3.05, 3.63) is 53.6 Å². The van der Waals surface area contributed by atoms with Gasteiger partial charge in [0.2, 0.25) is 5.91 Å². The van der Waals surface area contributed by atoms with E-state index in [0.717, 1.165) is 30.2 Å². The van der Waals surface area contributed by atoms with Crippen molar-refractivity contribution in [1.29, 1.82) is 0 Å². The van der Waals surface area contributed by atoms with E-state index in [4.69, 9.17) is 16.3 Å². The Morgan fingerprint density at radius 1 is 0.900 bits per heavy atom. The molecule has 2 aliphatic rings. The van der Waals surface area contributed by atoms with E-state index < -0.39 is 0 Å². The minimum Gasteiger partial charge on any atom is -0.497 e. The first kappa shape index (κ1) is 20.3. The maximum Gasteiger partial charge on any atom is 0.325 e. The highest BCUT2D eigenvalue weighted by molar-refractivity contribution is 6.30. The Kier molecular flexibility index (Phi) is 5.99. The zero-order chi connectivity index (χ0) is 21.1. The van der Waals surface area contributed by atoms with Crippen LogP contribution in [-0.4, -0.2) is 74.7 Å². The number of halogens is 1. The molecule has 3 amide bonds. The number of benzene rings is 2. The molecule has 4 rings (SSSR count). The highest BCUT2D eigenvalue weighted by Crippen LogP contribution is 2.24. The maximum atomic E-state index is 12.8. The van der Waals surface area contributed by atoms with Gasteiger partial charge >= 0.3 is 6.03 Å². The van der Waals surface area contributed by atoms with E-state index in [1.807, 2.05) is 53.4 Å². The van der Waals surface area contributed by atoms with Crippen LogP contribution in [0.3, 0.4) is 0 Å². The van der Waals surface area contributed by atoms with Gasteiger partial charge in [0.15, 0.2) is 0 Å². The standard InChI is InChI=1S/C22H25ClN4O3/c1-30-20-8-6-19(7-9-20)27-15-14-26(22(27)29)16-21(28)25-12-10-24(11-13-25)18-4-2-17(23)3-5-18/h2-9H,10-16H2,1H3. The molecule has 0 N–H and O–H groups in total. The molecule has 2 aromatic rings. The number of carbonyl (C=O) groups excluding carboxylic acids is 2. The summed E-state index contributed by atoms with van der Waals surface area (Å²) in [6.07, 6.45) is 0. The summed E-state index contributed by atoms with van der Waals surface area (Å²) in [6.45, 7) is 4.05. The van der Waals surface area contributed by atoms with Crippen molar-refractivity contribution in [3.63, 3.8) is 0 Å². The summed E-state index contributed by atoms with van der Waals surface area (Å²) < 4.78 is 5.17. The summed E-state index contributed by atoms with van der Waals surface area (Å²) in [6, 6.07) is 15.0. The number of hydrogen-bond donors (Lipinski definition) is 0. The molecule has 30 heavy (non-hydrogen) atoms. The van der Waals surface area contributed by atoms with Crippen molar-refractivity contribution in [2.24, 2.45) is 0 Å². The molecule has 0 radical (unpaired) electrons. The third-order valence-corrected chi connectivity index (χ3v) is 5.88. The average Bonchev–Trinajstić information content (AvgIpc) is 3.14. The van der Waals surface area contributed by atoms with Crippen LogP contribution in [0.1, 0.15) is 0 Å². The van der Waals surface area contributed by atoms with Crippen LogP contribution in [0.25, 0.3) is 0 Å². The lowest BCUT2D eigenvalue weighted by Crippen LogP contribution is -2.51. The Labute approximate surface area is 181 Å². The number of carbonyl (C=O) groups is 2. The van der Waals surface area contributed by atoms with Crippen LogP contribution < -0.4 is 14.5 Å². The second-order valence-corrected chi connectivity index (χ2v) is 7.83. The van der Waals surface area contributed by atoms with Crippen LogP contribution in [0.5, 0.6) is 5.75 Å². The SMILES string of the molecule is COc1ccc(N2CCN(CC(=O)N3CCN(c4ccc(Cl)cc4)CC3)C2=O)cc1. The number of ether oxygens (including phenoxy) is 1. The fourth-order valence-electron chi connectivity index (χ4n) is 3.86. The predicted molar refractivity (Wildman–Crippen MR) is 118 cm³/mol. The molecule has 0 saturated carbocycles. The maximum absolute atomic E-state index is 12.8. The molecular weight excluding hydrogens is 404 g/mol. The third-order valence-electron chi connectivity index (χ3n) is 5.63. The van der Waals surface area contributed by atoms with Gasteiger partial charge in [0.05, 0.1) is 7.11 Å². The van der Waals surface area contributed by atoms with Gasteiger partial charge in [-0.3, -0.25) is 9.69 Å². The van der Waals surface area contributed by atoms with E-state index in [0.29, 0.717) is 31.2 Å². The fourth-order valence-corrected chi connectivity index (χ4v) is 3.99. The van der Waals surface area contributed by atoms with Crippen LogP contribution in [0.2, 0.25) is 5.02 Å². The van der Waals surface area contributed by atoms with E-state index in [1.54, 1.807) is 16.9 Å². The van der Waals surface area contributed by atoms with Gasteiger partial charge in [-0.05, 0) is 48.5 Å². The van der Waals surface area contributed by atoms with Crippen LogP contribution in [0.4, 0.5) is 16.2 Å². The second kappa shape index (κ2) is 8.83. The summed E-state index contributed by atoms with van der Waals surface area (Å²) in [5.41, 5.74) is 1.92. The molecule has 7 nitrogen and oxygen atoms in total. The Bertz CT molecular complexity index is 896. The summed E-state index contributed by atoms with van der Waals surface area (Å²) >= 11 is 5.96. The summed E-state index contributed by atoms with van der Waals surface area (Å²) in [4.78, 5) is 33.0. The Hall–Kier alpha value is -2.93. The van der Waals surface area contributed by atoms with Gasteiger partial charge in [-0.1, -0.05) is 11.6 Å². The zero-order valence-electron chi connectivity index (χ0n) is 17.0. The van der Waals surface area contributed by atoms with E-state index in [9.17, 15) is 9.59 Å². The average molecular weight is 429 g/mol. The Morgan fingerprint density at radius 2 is 1.53 bits per heavy atom. The molecule has 0 aromatic heterocycles. The number of rotatable bonds is 5. The lowest BCUT2D eigenvalue weighted by Gasteiger charge is -2.36. The van der Waals surface area contributed by atoms with E-state index in [-0.39, 0.29) is 18.5 Å². The van der Waals surface area contributed by atoms with Gasteiger partial charge in [0.1, 0.15) is 12.3 Å². The lowest BCUT2D eigenvalue weighted by molar-refractivity contribution is -0.131. The lowest BCUT2D eigenvalue weighted by atomic mass is 10.2. The summed E-state index contributed by atoms with van der Waals surface area (Å²) in [7, 11) is 1.61. The van der Waals surface area contributed by atoms with Crippen LogP contribution in [0.15, 0.2) is 48.5 Å². The van der Waals surface area contributed by atoms with Crippen LogP contribution in [0, 0.1) is 0 Å². The van der Waals surface area contributed by atoms with Gasteiger partial charge in [0, 0.05) is 55.7 Å². The molecule has 158 valence electrons. The first-order valence-electron chi connectivity index (χ1n) is 10.0. The summed E-state index contributed by atoms with van der Waals surface area (Å²) in [5.74, 6) is 0.742. The zero-order valence-corrected chi connectivity index (χ0v) is 17.7. The smallest absolute Gasteiger partial charge is 0.325 e. The molecule has 0 bridgehead atoms. The fraction of sp³-hybridized carbons (Fsp3) is 0.364. The number of methoxy groups -OCH3 is 1. The molecule has 2 aromatic carbocycles. The molecule has 0 aliphatic carbocycles. The molecule has 2 heterocycles. The Morgan fingerprint density at radius 3 is 2.17 bits per heavy atom. The monoisotopic (exact) mass is 428 g/mol. The molecule has 0 atom stereocenters. The van der Waals surface area contributed by atoms with Crippen molar-refractivity contribution in [1.82, 2.24) is 9.80 Å². The first-order valence-corrected chi connectivity index (χ1v) is 10.4. The van der Waals surface area contributed by atoms with E-state index >= 15 is 0 Å².